The van der Waals surface area contributed by atoms with Crippen LogP contribution in [0.15, 0.2) is 24.5 Å². The van der Waals surface area contributed by atoms with Crippen LogP contribution in [0.5, 0.6) is 0 Å². The van der Waals surface area contributed by atoms with Gasteiger partial charge >= 0.3 is 0 Å². The number of H-pyrrole nitrogens is 1. The fourth-order valence-electron chi connectivity index (χ4n) is 4.04. The standard InChI is InChI=1S/C21H30N4O/c26-21(22-18-10-11-18)15-25-12-4-7-17(14-25)20-13-19(23-24-20)9-8-16-5-2-1-3-6-16/h4,12-14,16,18H,1-3,5-11,15H2,(H,22,26)(H,23,24). The van der Waals surface area contributed by atoms with E-state index >= 15 is 0 Å². The first-order valence-electron chi connectivity index (χ1n) is 10.2. The van der Waals surface area contributed by atoms with Gasteiger partial charge in [0, 0.05) is 24.1 Å². The zero-order valence-electron chi connectivity index (χ0n) is 15.5. The number of aromatic amines is 1. The topological polar surface area (TPSA) is 61.0 Å². The highest BCUT2D eigenvalue weighted by molar-refractivity contribution is 5.79. The maximum Gasteiger partial charge on any atom is 0.240 e. The van der Waals surface area contributed by atoms with Gasteiger partial charge in [-0.25, -0.2) is 0 Å². The van der Waals surface area contributed by atoms with E-state index in [1.165, 1.54) is 49.8 Å². The van der Waals surface area contributed by atoms with E-state index in [1.54, 1.807) is 0 Å². The lowest BCUT2D eigenvalue weighted by Gasteiger charge is -2.21. The molecule has 2 heterocycles. The molecule has 5 nitrogen and oxygen atoms in total. The third kappa shape index (κ3) is 4.77. The van der Waals surface area contributed by atoms with Crippen molar-refractivity contribution < 1.29 is 4.79 Å². The normalized spacial score (nSPS) is 20.9. The summed E-state index contributed by atoms with van der Waals surface area (Å²) in [7, 11) is 0. The van der Waals surface area contributed by atoms with Crippen molar-refractivity contribution in [2.75, 3.05) is 6.54 Å². The first-order valence-corrected chi connectivity index (χ1v) is 10.2. The molecular formula is C21H30N4O. The number of nitrogens with one attached hydrogen (secondary N) is 2. The van der Waals surface area contributed by atoms with Crippen LogP contribution >= 0.6 is 0 Å². The number of carbonyl (C=O) groups excluding carboxylic acids is 1. The number of allylic oxidation sites excluding steroid dienone is 2. The number of aryl methyl sites for hydroxylation is 1. The quantitative estimate of drug-likeness (QED) is 0.784. The molecule has 1 aromatic heterocycles. The summed E-state index contributed by atoms with van der Waals surface area (Å²) >= 11 is 0. The second-order valence-electron chi connectivity index (χ2n) is 8.08. The Morgan fingerprint density at radius 2 is 2.08 bits per heavy atom. The van der Waals surface area contributed by atoms with Crippen LogP contribution in [-0.2, 0) is 11.2 Å². The molecule has 26 heavy (non-hydrogen) atoms. The molecule has 3 aliphatic rings. The molecule has 0 spiro atoms. The molecule has 2 aliphatic carbocycles. The largest absolute Gasteiger partial charge is 0.352 e. The van der Waals surface area contributed by atoms with Crippen LogP contribution in [-0.4, -0.2) is 33.6 Å². The second kappa shape index (κ2) is 8.11. The van der Waals surface area contributed by atoms with Gasteiger partial charge in [-0.15, -0.1) is 0 Å². The number of carbonyl (C=O) groups is 1. The SMILES string of the molecule is O=C(CN1C=CCC(c2cc(CCC3CCCCC3)[nH]n2)=C1)NC1CC1. The summed E-state index contributed by atoms with van der Waals surface area (Å²) in [6, 6.07) is 2.61. The predicted molar refractivity (Wildman–Crippen MR) is 103 cm³/mol. The van der Waals surface area contributed by atoms with E-state index in [4.69, 9.17) is 0 Å². The van der Waals surface area contributed by atoms with Crippen LogP contribution in [0.1, 0.15) is 69.2 Å². The van der Waals surface area contributed by atoms with Gasteiger partial charge in [-0.2, -0.15) is 5.10 Å². The lowest BCUT2D eigenvalue weighted by molar-refractivity contribution is -0.121. The van der Waals surface area contributed by atoms with E-state index in [9.17, 15) is 4.79 Å². The number of nitrogens with zero attached hydrogens (tertiary/aromatic N) is 2. The van der Waals surface area contributed by atoms with Crippen molar-refractivity contribution in [3.05, 3.63) is 35.9 Å². The number of hydrogen-bond donors (Lipinski definition) is 2. The minimum atomic E-state index is 0.102. The average molecular weight is 354 g/mol. The number of hydrogen-bond acceptors (Lipinski definition) is 3. The molecule has 140 valence electrons. The number of rotatable bonds is 7. The Hall–Kier alpha value is -2.04. The van der Waals surface area contributed by atoms with Crippen molar-refractivity contribution in [2.45, 2.75) is 70.3 Å². The van der Waals surface area contributed by atoms with Crippen molar-refractivity contribution in [1.29, 1.82) is 0 Å². The van der Waals surface area contributed by atoms with Crippen LogP contribution in [0.4, 0.5) is 0 Å². The van der Waals surface area contributed by atoms with E-state index in [0.717, 1.165) is 37.3 Å². The molecule has 0 aromatic carbocycles. The highest BCUT2D eigenvalue weighted by atomic mass is 16.2. The molecule has 0 unspecified atom stereocenters. The van der Waals surface area contributed by atoms with E-state index < -0.39 is 0 Å². The number of amides is 1. The fraction of sp³-hybridized carbons (Fsp3) is 0.619. The van der Waals surface area contributed by atoms with Gasteiger partial charge in [-0.05, 0) is 49.7 Å². The molecule has 1 aliphatic heterocycles. The second-order valence-corrected chi connectivity index (χ2v) is 8.08. The molecule has 0 atom stereocenters. The smallest absolute Gasteiger partial charge is 0.240 e. The van der Waals surface area contributed by atoms with Gasteiger partial charge < -0.3 is 10.2 Å². The average Bonchev–Trinajstić information content (AvgIpc) is 3.34. The Morgan fingerprint density at radius 1 is 1.23 bits per heavy atom. The zero-order valence-corrected chi connectivity index (χ0v) is 15.5. The monoisotopic (exact) mass is 354 g/mol. The Morgan fingerprint density at radius 3 is 2.88 bits per heavy atom. The first kappa shape index (κ1) is 17.4. The molecule has 2 fully saturated rings. The molecule has 5 heteroatoms. The lowest BCUT2D eigenvalue weighted by Crippen LogP contribution is -2.34. The summed E-state index contributed by atoms with van der Waals surface area (Å²) < 4.78 is 0. The van der Waals surface area contributed by atoms with Gasteiger partial charge in [0.1, 0.15) is 6.54 Å². The Balaban J connectivity index is 1.31. The summed E-state index contributed by atoms with van der Waals surface area (Å²) in [6.07, 6.45) is 18.7. The van der Waals surface area contributed by atoms with E-state index in [-0.39, 0.29) is 5.91 Å². The summed E-state index contributed by atoms with van der Waals surface area (Å²) in [6.45, 7) is 0.384. The molecule has 4 rings (SSSR count). The molecule has 0 radical (unpaired) electrons. The fourth-order valence-corrected chi connectivity index (χ4v) is 4.04. The minimum absolute atomic E-state index is 0.102. The van der Waals surface area contributed by atoms with Crippen molar-refractivity contribution in [2.24, 2.45) is 5.92 Å². The van der Waals surface area contributed by atoms with E-state index in [1.807, 2.05) is 11.1 Å². The molecule has 2 saturated carbocycles. The maximum absolute atomic E-state index is 12.0. The highest BCUT2D eigenvalue weighted by Crippen LogP contribution is 2.28. The van der Waals surface area contributed by atoms with Crippen LogP contribution in [0, 0.1) is 5.92 Å². The summed E-state index contributed by atoms with van der Waals surface area (Å²) in [5.74, 6) is 0.998. The van der Waals surface area contributed by atoms with E-state index in [0.29, 0.717) is 12.6 Å². The molecule has 2 N–H and O–H groups in total. The number of aromatic nitrogens is 2. The van der Waals surface area contributed by atoms with Crippen molar-refractivity contribution in [3.63, 3.8) is 0 Å². The first-order chi connectivity index (χ1) is 12.8. The Kier molecular flexibility index (Phi) is 5.42. The molecular weight excluding hydrogens is 324 g/mol. The lowest BCUT2D eigenvalue weighted by atomic mass is 9.86. The summed E-state index contributed by atoms with van der Waals surface area (Å²) in [4.78, 5) is 14.0. The van der Waals surface area contributed by atoms with Crippen LogP contribution in [0.3, 0.4) is 0 Å². The Labute approximate surface area is 155 Å². The molecule has 0 saturated heterocycles. The van der Waals surface area contributed by atoms with Gasteiger partial charge in [0.25, 0.3) is 0 Å². The maximum atomic E-state index is 12.0. The van der Waals surface area contributed by atoms with E-state index in [2.05, 4.69) is 33.9 Å². The minimum Gasteiger partial charge on any atom is -0.352 e. The molecule has 1 amide bonds. The van der Waals surface area contributed by atoms with Crippen LogP contribution < -0.4 is 5.32 Å². The van der Waals surface area contributed by atoms with Gasteiger partial charge in [-0.3, -0.25) is 9.89 Å². The third-order valence-corrected chi connectivity index (χ3v) is 5.73. The van der Waals surface area contributed by atoms with Crippen molar-refractivity contribution in [1.82, 2.24) is 20.4 Å². The van der Waals surface area contributed by atoms with Crippen molar-refractivity contribution in [3.8, 4) is 0 Å². The third-order valence-electron chi connectivity index (χ3n) is 5.73. The van der Waals surface area contributed by atoms with Crippen LogP contribution in [0.2, 0.25) is 0 Å². The summed E-state index contributed by atoms with van der Waals surface area (Å²) in [5.41, 5.74) is 3.42. The zero-order chi connectivity index (χ0) is 17.8. The van der Waals surface area contributed by atoms with Gasteiger partial charge in [-0.1, -0.05) is 38.2 Å². The van der Waals surface area contributed by atoms with Crippen LogP contribution in [0.25, 0.3) is 5.57 Å². The van der Waals surface area contributed by atoms with Crippen molar-refractivity contribution >= 4 is 11.5 Å². The predicted octanol–water partition coefficient (Wildman–Crippen LogP) is 3.76. The van der Waals surface area contributed by atoms with Gasteiger partial charge in [0.2, 0.25) is 5.91 Å². The Bertz CT molecular complexity index is 680. The molecule has 0 bridgehead atoms. The van der Waals surface area contributed by atoms with Gasteiger partial charge in [0.05, 0.1) is 5.69 Å². The molecule has 1 aromatic rings. The highest BCUT2D eigenvalue weighted by Gasteiger charge is 2.24. The van der Waals surface area contributed by atoms with Gasteiger partial charge in [0.15, 0.2) is 0 Å². The summed E-state index contributed by atoms with van der Waals surface area (Å²) in [5, 5.41) is 10.8.